The second-order valence-electron chi connectivity index (χ2n) is 7.92. The summed E-state index contributed by atoms with van der Waals surface area (Å²) in [5.74, 6) is 0.197. The van der Waals surface area contributed by atoms with Crippen LogP contribution in [0.2, 0.25) is 0 Å². The lowest BCUT2D eigenvalue weighted by Gasteiger charge is -2.37. The molecule has 3 atom stereocenters. The first kappa shape index (κ1) is 20.5. The summed E-state index contributed by atoms with van der Waals surface area (Å²) in [6, 6.07) is 0.543. The van der Waals surface area contributed by atoms with Gasteiger partial charge in [-0.05, 0) is 19.4 Å². The van der Waals surface area contributed by atoms with E-state index in [9.17, 15) is 9.18 Å². The van der Waals surface area contributed by atoms with Gasteiger partial charge in [-0.25, -0.2) is 9.37 Å². The van der Waals surface area contributed by atoms with E-state index < -0.39 is 12.1 Å². The summed E-state index contributed by atoms with van der Waals surface area (Å²) in [5.41, 5.74) is 1.21. The molecule has 0 bridgehead atoms. The second kappa shape index (κ2) is 8.95. The quantitative estimate of drug-likeness (QED) is 0.790. The molecule has 1 amide bonds. The number of carbonyl (C=O) groups is 1. The van der Waals surface area contributed by atoms with E-state index >= 15 is 0 Å². The highest BCUT2D eigenvalue weighted by Gasteiger charge is 2.28. The Bertz CT molecular complexity index is 946. The number of nitrogens with one attached hydrogen (secondary N) is 1. The fraction of sp³-hybridized carbons (Fsp3) is 0.500. The summed E-state index contributed by atoms with van der Waals surface area (Å²) in [6.07, 6.45) is 11.9. The van der Waals surface area contributed by atoms with Crippen LogP contribution in [0, 0.1) is 0 Å². The van der Waals surface area contributed by atoms with Crippen LogP contribution in [0.1, 0.15) is 31.9 Å². The molecule has 3 unspecified atom stereocenters. The van der Waals surface area contributed by atoms with Crippen LogP contribution in [0.3, 0.4) is 0 Å². The molecule has 0 aromatic carbocycles. The molecule has 0 saturated carbocycles. The Balaban J connectivity index is 1.47. The molecule has 160 valence electrons. The van der Waals surface area contributed by atoms with Gasteiger partial charge in [0, 0.05) is 44.6 Å². The van der Waals surface area contributed by atoms with Gasteiger partial charge in [0.1, 0.15) is 12.0 Å². The lowest BCUT2D eigenvalue weighted by atomic mass is 9.95. The molecule has 1 N–H and O–H groups in total. The maximum Gasteiger partial charge on any atom is 0.242 e. The number of carbonyl (C=O) groups excluding carboxylic acids is 1. The molecular weight excluding hydrogens is 383 g/mol. The van der Waals surface area contributed by atoms with Crippen molar-refractivity contribution in [3.8, 4) is 0 Å². The van der Waals surface area contributed by atoms with Crippen molar-refractivity contribution in [3.05, 3.63) is 48.6 Å². The predicted octanol–water partition coefficient (Wildman–Crippen LogP) is 2.63. The Morgan fingerprint density at radius 3 is 2.77 bits per heavy atom. The monoisotopic (exact) mass is 412 g/mol. The van der Waals surface area contributed by atoms with Crippen molar-refractivity contribution in [1.82, 2.24) is 24.2 Å². The van der Waals surface area contributed by atoms with Crippen molar-refractivity contribution in [3.63, 3.8) is 0 Å². The molecule has 1 aliphatic heterocycles. The van der Waals surface area contributed by atoms with Crippen LogP contribution in [-0.2, 0) is 4.79 Å². The van der Waals surface area contributed by atoms with Crippen LogP contribution < -0.4 is 5.32 Å². The minimum atomic E-state index is -1.15. The lowest BCUT2D eigenvalue weighted by molar-refractivity contribution is -0.131. The summed E-state index contributed by atoms with van der Waals surface area (Å²) >= 11 is 0. The van der Waals surface area contributed by atoms with E-state index in [2.05, 4.69) is 34.0 Å². The summed E-state index contributed by atoms with van der Waals surface area (Å²) in [5, 5.41) is 3.24. The van der Waals surface area contributed by atoms with Crippen LogP contribution in [0.5, 0.6) is 0 Å². The van der Waals surface area contributed by atoms with Gasteiger partial charge in [0.15, 0.2) is 5.65 Å². The average Bonchev–Trinajstić information content (AvgIpc) is 3.15. The molecule has 7 nitrogen and oxygen atoms in total. The summed E-state index contributed by atoms with van der Waals surface area (Å²) in [6.45, 7) is 7.83. The van der Waals surface area contributed by atoms with Gasteiger partial charge in [-0.2, -0.15) is 0 Å². The third kappa shape index (κ3) is 4.09. The Kier molecular flexibility index (Phi) is 6.13. The van der Waals surface area contributed by atoms with Gasteiger partial charge < -0.3 is 10.2 Å². The minimum Gasteiger partial charge on any atom is -0.361 e. The minimum absolute atomic E-state index is 0.0460. The Morgan fingerprint density at radius 2 is 2.03 bits per heavy atom. The third-order valence-electron chi connectivity index (χ3n) is 6.13. The fourth-order valence-electron chi connectivity index (χ4n) is 4.10. The number of allylic oxidation sites excluding steroid dienone is 4. The smallest absolute Gasteiger partial charge is 0.242 e. The number of piperazine rings is 1. The number of amides is 1. The number of aromatic nitrogens is 3. The Labute approximate surface area is 176 Å². The van der Waals surface area contributed by atoms with E-state index in [0.29, 0.717) is 23.2 Å². The van der Waals surface area contributed by atoms with E-state index in [4.69, 9.17) is 0 Å². The molecule has 4 rings (SSSR count). The highest BCUT2D eigenvalue weighted by molar-refractivity contribution is 5.81. The molecular formula is C22H29FN6O. The molecule has 0 radical (unpaired) electrons. The number of rotatable bonds is 6. The largest absolute Gasteiger partial charge is 0.361 e. The van der Waals surface area contributed by atoms with E-state index in [1.807, 2.05) is 15.4 Å². The summed E-state index contributed by atoms with van der Waals surface area (Å²) in [4.78, 5) is 25.9. The van der Waals surface area contributed by atoms with E-state index in [-0.39, 0.29) is 12.5 Å². The number of anilines is 1. The maximum absolute atomic E-state index is 14.6. The third-order valence-corrected chi connectivity index (χ3v) is 6.13. The zero-order valence-electron chi connectivity index (χ0n) is 17.5. The Hall–Kier alpha value is -2.74. The molecule has 2 aromatic rings. The molecule has 8 heteroatoms. The maximum atomic E-state index is 14.6. The van der Waals surface area contributed by atoms with Gasteiger partial charge in [0.2, 0.25) is 5.91 Å². The number of imidazole rings is 1. The van der Waals surface area contributed by atoms with Crippen LogP contribution in [0.4, 0.5) is 10.2 Å². The first-order valence-electron chi connectivity index (χ1n) is 10.6. The normalized spacial score (nSPS) is 23.1. The van der Waals surface area contributed by atoms with Crippen LogP contribution >= 0.6 is 0 Å². The number of halogens is 1. The topological polar surface area (TPSA) is 65.8 Å². The molecule has 30 heavy (non-hydrogen) atoms. The first-order valence-corrected chi connectivity index (χ1v) is 10.6. The van der Waals surface area contributed by atoms with E-state index in [0.717, 1.165) is 32.6 Å². The zero-order chi connectivity index (χ0) is 21.1. The summed E-state index contributed by atoms with van der Waals surface area (Å²) < 4.78 is 16.4. The molecule has 1 fully saturated rings. The van der Waals surface area contributed by atoms with Crippen LogP contribution in [-0.4, -0.2) is 75.0 Å². The molecule has 1 saturated heterocycles. The van der Waals surface area contributed by atoms with Crippen LogP contribution in [0.25, 0.3) is 5.65 Å². The SMILES string of the molecule is CCC(C)N1CCN(C(=O)CNc2c(C3C=CC=CC3F)nc3cnccn23)CC1. The Morgan fingerprint density at radius 1 is 1.27 bits per heavy atom. The molecule has 2 aliphatic rings. The average molecular weight is 413 g/mol. The van der Waals surface area contributed by atoms with Crippen molar-refractivity contribution in [2.45, 2.75) is 38.4 Å². The van der Waals surface area contributed by atoms with Gasteiger partial charge in [0.25, 0.3) is 0 Å². The van der Waals surface area contributed by atoms with Crippen LogP contribution in [0.15, 0.2) is 42.9 Å². The van der Waals surface area contributed by atoms with Crippen molar-refractivity contribution < 1.29 is 9.18 Å². The second-order valence-corrected chi connectivity index (χ2v) is 7.92. The van der Waals surface area contributed by atoms with Crippen molar-refractivity contribution in [2.24, 2.45) is 0 Å². The number of alkyl halides is 1. The molecule has 1 aliphatic carbocycles. The number of fused-ring (bicyclic) bond motifs is 1. The molecule has 0 spiro atoms. The number of nitrogens with zero attached hydrogens (tertiary/aromatic N) is 5. The van der Waals surface area contributed by atoms with Crippen molar-refractivity contribution >= 4 is 17.4 Å². The highest BCUT2D eigenvalue weighted by atomic mass is 19.1. The van der Waals surface area contributed by atoms with E-state index in [1.165, 1.54) is 6.08 Å². The summed E-state index contributed by atoms with van der Waals surface area (Å²) in [7, 11) is 0. The van der Waals surface area contributed by atoms with Gasteiger partial charge in [-0.15, -0.1) is 0 Å². The van der Waals surface area contributed by atoms with Gasteiger partial charge >= 0.3 is 0 Å². The molecule has 3 heterocycles. The van der Waals surface area contributed by atoms with Crippen molar-refractivity contribution in [1.29, 1.82) is 0 Å². The number of hydrogen-bond acceptors (Lipinski definition) is 5. The van der Waals surface area contributed by atoms with E-state index in [1.54, 1.807) is 30.7 Å². The fourth-order valence-corrected chi connectivity index (χ4v) is 4.10. The standard InChI is InChI=1S/C22H29FN6O/c1-3-16(2)27-10-12-28(13-11-27)20(30)15-25-22-21(17-6-4-5-7-18(17)23)26-19-14-24-8-9-29(19)22/h4-9,14,16-18,25H,3,10-13,15H2,1-2H3. The predicted molar refractivity (Wildman–Crippen MR) is 115 cm³/mol. The van der Waals surface area contributed by atoms with Crippen molar-refractivity contribution in [2.75, 3.05) is 38.0 Å². The van der Waals surface area contributed by atoms with Gasteiger partial charge in [0.05, 0.1) is 24.4 Å². The number of hydrogen-bond donors (Lipinski definition) is 1. The lowest BCUT2D eigenvalue weighted by Crippen LogP contribution is -2.52. The molecule has 2 aromatic heterocycles. The van der Waals surface area contributed by atoms with Gasteiger partial charge in [-0.1, -0.05) is 25.2 Å². The highest BCUT2D eigenvalue weighted by Crippen LogP contribution is 2.32. The van der Waals surface area contributed by atoms with Gasteiger partial charge in [-0.3, -0.25) is 19.1 Å². The first-order chi connectivity index (χ1) is 14.6. The zero-order valence-corrected chi connectivity index (χ0v) is 17.5.